The summed E-state index contributed by atoms with van der Waals surface area (Å²) in [5.41, 5.74) is 1.98. The zero-order valence-electron chi connectivity index (χ0n) is 19.3. The van der Waals surface area contributed by atoms with E-state index in [4.69, 9.17) is 4.42 Å². The lowest BCUT2D eigenvalue weighted by Gasteiger charge is -2.34. The fourth-order valence-electron chi connectivity index (χ4n) is 4.51. The second-order valence-electron chi connectivity index (χ2n) is 8.69. The van der Waals surface area contributed by atoms with Gasteiger partial charge in [-0.25, -0.2) is 0 Å². The third kappa shape index (κ3) is 4.90. The molecule has 1 aliphatic rings. The molecule has 2 heterocycles. The van der Waals surface area contributed by atoms with Gasteiger partial charge in [0, 0.05) is 44.8 Å². The Labute approximate surface area is 203 Å². The molecule has 2 N–H and O–H groups in total. The van der Waals surface area contributed by atoms with Crippen molar-refractivity contribution in [2.75, 3.05) is 26.2 Å². The molecule has 0 unspecified atom stereocenters. The van der Waals surface area contributed by atoms with E-state index in [-0.39, 0.29) is 23.1 Å². The summed E-state index contributed by atoms with van der Waals surface area (Å²) in [6, 6.07) is 22.6. The number of amides is 2. The Morgan fingerprint density at radius 1 is 0.914 bits per heavy atom. The van der Waals surface area contributed by atoms with Crippen LogP contribution in [0.25, 0.3) is 10.8 Å². The number of fused-ring (bicyclic) bond motifs is 1. The first kappa shape index (κ1) is 22.7. The average molecular weight is 470 g/mol. The van der Waals surface area contributed by atoms with Gasteiger partial charge in [-0.05, 0) is 34.5 Å². The summed E-state index contributed by atoms with van der Waals surface area (Å²) in [6.07, 6.45) is 1.50. The van der Waals surface area contributed by atoms with Crippen molar-refractivity contribution in [1.29, 1.82) is 0 Å². The van der Waals surface area contributed by atoms with Gasteiger partial charge in [-0.2, -0.15) is 0 Å². The zero-order valence-corrected chi connectivity index (χ0v) is 19.3. The largest absolute Gasteiger partial charge is 0.507 e. The number of nitrogens with one attached hydrogen (secondary N) is 1. The number of furan rings is 1. The minimum atomic E-state index is -0.313. The Morgan fingerprint density at radius 2 is 1.66 bits per heavy atom. The molecule has 3 aromatic carbocycles. The van der Waals surface area contributed by atoms with Crippen LogP contribution in [0.4, 0.5) is 0 Å². The summed E-state index contributed by atoms with van der Waals surface area (Å²) in [6.45, 7) is 3.31. The number of carbonyl (C=O) groups excluding carboxylic acids is 2. The van der Waals surface area contributed by atoms with Crippen molar-refractivity contribution in [1.82, 2.24) is 15.1 Å². The Balaban J connectivity index is 1.33. The van der Waals surface area contributed by atoms with Gasteiger partial charge in [0.25, 0.3) is 11.8 Å². The van der Waals surface area contributed by atoms with Crippen molar-refractivity contribution < 1.29 is 19.1 Å². The van der Waals surface area contributed by atoms with E-state index >= 15 is 0 Å². The van der Waals surface area contributed by atoms with E-state index in [1.54, 1.807) is 23.1 Å². The number of nitrogens with zero attached hydrogens (tertiary/aromatic N) is 2. The Hall–Kier alpha value is -4.10. The molecule has 7 nitrogen and oxygen atoms in total. The topological polar surface area (TPSA) is 86.0 Å². The van der Waals surface area contributed by atoms with Gasteiger partial charge in [-0.3, -0.25) is 14.5 Å². The number of rotatable bonds is 6. The second kappa shape index (κ2) is 10.0. The summed E-state index contributed by atoms with van der Waals surface area (Å²) in [5, 5.41) is 15.9. The van der Waals surface area contributed by atoms with Gasteiger partial charge < -0.3 is 19.7 Å². The van der Waals surface area contributed by atoms with Crippen LogP contribution in [-0.2, 0) is 13.1 Å². The van der Waals surface area contributed by atoms with Gasteiger partial charge in [0.15, 0.2) is 5.76 Å². The van der Waals surface area contributed by atoms with Gasteiger partial charge in [0.05, 0.1) is 11.8 Å². The van der Waals surface area contributed by atoms with E-state index in [1.807, 2.05) is 54.6 Å². The second-order valence-corrected chi connectivity index (χ2v) is 8.69. The first-order chi connectivity index (χ1) is 17.1. The maximum atomic E-state index is 13.0. The molecule has 0 radical (unpaired) electrons. The maximum absolute atomic E-state index is 13.0. The van der Waals surface area contributed by atoms with Crippen LogP contribution in [0.1, 0.15) is 32.0 Å². The summed E-state index contributed by atoms with van der Waals surface area (Å²) in [7, 11) is 0. The van der Waals surface area contributed by atoms with E-state index in [0.29, 0.717) is 45.0 Å². The van der Waals surface area contributed by atoms with Gasteiger partial charge >= 0.3 is 0 Å². The standard InChI is InChI=1S/C28H27N3O4/c32-26-23(27(33)29-18-20-7-2-1-3-8-20)17-21-9-4-5-10-22(21)24(26)19-30-12-14-31(15-13-30)28(34)25-11-6-16-35-25/h1-11,16-17,32H,12-15,18-19H2,(H,29,33). The summed E-state index contributed by atoms with van der Waals surface area (Å²) < 4.78 is 5.24. The number of phenols is 1. The van der Waals surface area contributed by atoms with Crippen LogP contribution < -0.4 is 5.32 Å². The summed E-state index contributed by atoms with van der Waals surface area (Å²) >= 11 is 0. The first-order valence-corrected chi connectivity index (χ1v) is 11.7. The van der Waals surface area contributed by atoms with Crippen molar-refractivity contribution in [2.45, 2.75) is 13.1 Å². The molecule has 0 spiro atoms. The van der Waals surface area contributed by atoms with Gasteiger partial charge in [0.2, 0.25) is 0 Å². The molecular formula is C28H27N3O4. The lowest BCUT2D eigenvalue weighted by atomic mass is 9.98. The van der Waals surface area contributed by atoms with E-state index in [9.17, 15) is 14.7 Å². The Morgan fingerprint density at radius 3 is 2.40 bits per heavy atom. The smallest absolute Gasteiger partial charge is 0.289 e. The third-order valence-corrected chi connectivity index (χ3v) is 6.44. The number of aromatic hydroxyl groups is 1. The highest BCUT2D eigenvalue weighted by atomic mass is 16.3. The van der Waals surface area contributed by atoms with Gasteiger partial charge in [0.1, 0.15) is 5.75 Å². The SMILES string of the molecule is O=C(NCc1ccccc1)c1cc2ccccc2c(CN2CCN(C(=O)c3ccco3)CC2)c1O. The molecule has 0 bridgehead atoms. The van der Waals surface area contributed by atoms with Crippen LogP contribution in [0.5, 0.6) is 5.75 Å². The minimum absolute atomic E-state index is 0.00310. The molecule has 35 heavy (non-hydrogen) atoms. The lowest BCUT2D eigenvalue weighted by molar-refractivity contribution is 0.0597. The van der Waals surface area contributed by atoms with Crippen LogP contribution in [-0.4, -0.2) is 52.9 Å². The molecule has 1 aromatic heterocycles. The molecule has 1 saturated heterocycles. The first-order valence-electron chi connectivity index (χ1n) is 11.7. The summed E-state index contributed by atoms with van der Waals surface area (Å²) in [4.78, 5) is 29.6. The van der Waals surface area contributed by atoms with Crippen molar-refractivity contribution in [3.05, 3.63) is 102 Å². The van der Waals surface area contributed by atoms with Crippen molar-refractivity contribution >= 4 is 22.6 Å². The number of phenolic OH excluding ortho intramolecular Hbond substituents is 1. The van der Waals surface area contributed by atoms with Crippen molar-refractivity contribution in [2.24, 2.45) is 0 Å². The van der Waals surface area contributed by atoms with E-state index in [1.165, 1.54) is 6.26 Å². The van der Waals surface area contributed by atoms with Crippen LogP contribution >= 0.6 is 0 Å². The predicted octanol–water partition coefficient (Wildman–Crippen LogP) is 4.03. The molecule has 4 aromatic rings. The fraction of sp³-hybridized carbons (Fsp3) is 0.214. The maximum Gasteiger partial charge on any atom is 0.289 e. The van der Waals surface area contributed by atoms with E-state index in [0.717, 1.165) is 21.9 Å². The van der Waals surface area contributed by atoms with Crippen molar-refractivity contribution in [3.8, 4) is 5.75 Å². The molecule has 178 valence electrons. The lowest BCUT2D eigenvalue weighted by Crippen LogP contribution is -2.48. The molecule has 0 saturated carbocycles. The van der Waals surface area contributed by atoms with Crippen LogP contribution in [0, 0.1) is 0 Å². The number of benzene rings is 3. The van der Waals surface area contributed by atoms with Crippen LogP contribution in [0.2, 0.25) is 0 Å². The highest BCUT2D eigenvalue weighted by Crippen LogP contribution is 2.33. The monoisotopic (exact) mass is 469 g/mol. The average Bonchev–Trinajstić information content (AvgIpc) is 3.44. The highest BCUT2D eigenvalue weighted by Gasteiger charge is 2.26. The zero-order chi connectivity index (χ0) is 24.2. The molecule has 0 aliphatic carbocycles. The van der Waals surface area contributed by atoms with Crippen LogP contribution in [0.3, 0.4) is 0 Å². The van der Waals surface area contributed by atoms with Gasteiger partial charge in [-0.1, -0.05) is 54.6 Å². The van der Waals surface area contributed by atoms with Gasteiger partial charge in [-0.15, -0.1) is 0 Å². The van der Waals surface area contributed by atoms with E-state index in [2.05, 4.69) is 10.2 Å². The number of hydrogen-bond donors (Lipinski definition) is 2. The molecule has 5 rings (SSSR count). The van der Waals surface area contributed by atoms with Crippen molar-refractivity contribution in [3.63, 3.8) is 0 Å². The molecule has 7 heteroatoms. The normalized spacial score (nSPS) is 14.2. The number of piperazine rings is 1. The number of carbonyl (C=O) groups is 2. The minimum Gasteiger partial charge on any atom is -0.507 e. The van der Waals surface area contributed by atoms with E-state index < -0.39 is 0 Å². The predicted molar refractivity (Wildman–Crippen MR) is 133 cm³/mol. The molecule has 0 atom stereocenters. The molecule has 1 fully saturated rings. The van der Waals surface area contributed by atoms with Crippen LogP contribution in [0.15, 0.2) is 83.5 Å². The third-order valence-electron chi connectivity index (χ3n) is 6.44. The quantitative estimate of drug-likeness (QED) is 0.445. The molecule has 1 aliphatic heterocycles. The molecule has 2 amide bonds. The highest BCUT2D eigenvalue weighted by molar-refractivity contribution is 6.03. The summed E-state index contributed by atoms with van der Waals surface area (Å²) in [5.74, 6) is -0.0769. The molecular weight excluding hydrogens is 442 g/mol. The Bertz CT molecular complexity index is 1330. The fourth-order valence-corrected chi connectivity index (χ4v) is 4.51. The number of hydrogen-bond acceptors (Lipinski definition) is 5. The Kier molecular flexibility index (Phi) is 6.50.